The second-order valence-corrected chi connectivity index (χ2v) is 10.1. The second kappa shape index (κ2) is 9.18. The number of hydrogen-bond donors (Lipinski definition) is 1. The van der Waals surface area contributed by atoms with E-state index >= 15 is 0 Å². The van der Waals surface area contributed by atoms with E-state index in [0.717, 1.165) is 4.90 Å². The van der Waals surface area contributed by atoms with Gasteiger partial charge in [0.25, 0.3) is 0 Å². The summed E-state index contributed by atoms with van der Waals surface area (Å²) in [7, 11) is -3.76. The Kier molecular flexibility index (Phi) is 6.34. The minimum atomic E-state index is -3.76. The summed E-state index contributed by atoms with van der Waals surface area (Å²) in [4.78, 5) is 13.8. The molecule has 0 aliphatic rings. The number of halogens is 1. The first kappa shape index (κ1) is 22.1. The van der Waals surface area contributed by atoms with Crippen LogP contribution in [0.2, 0.25) is 0 Å². The number of carbonyl (C=O) groups is 1. The van der Waals surface area contributed by atoms with Crippen LogP contribution in [-0.2, 0) is 26.9 Å². The van der Waals surface area contributed by atoms with Crippen LogP contribution < -0.4 is 5.32 Å². The van der Waals surface area contributed by atoms with E-state index in [1.54, 1.807) is 34.9 Å². The highest BCUT2D eigenvalue weighted by atomic mass is 32.2. The molecule has 4 aromatic rings. The Morgan fingerprint density at radius 3 is 2.56 bits per heavy atom. The molecule has 0 aliphatic heterocycles. The third-order valence-electron chi connectivity index (χ3n) is 5.03. The maximum absolute atomic E-state index is 13.5. The summed E-state index contributed by atoms with van der Waals surface area (Å²) in [6.07, 6.45) is 3.42. The molecule has 8 heteroatoms. The fourth-order valence-electron chi connectivity index (χ4n) is 3.61. The van der Waals surface area contributed by atoms with Gasteiger partial charge >= 0.3 is 0 Å². The van der Waals surface area contributed by atoms with Crippen LogP contribution in [0.3, 0.4) is 0 Å². The Morgan fingerprint density at radius 2 is 1.78 bits per heavy atom. The molecule has 0 saturated carbocycles. The summed E-state index contributed by atoms with van der Waals surface area (Å²) in [5.74, 6) is -1.07. The Balaban J connectivity index is 1.65. The third kappa shape index (κ3) is 4.71. The van der Waals surface area contributed by atoms with Crippen LogP contribution in [0.4, 0.5) is 10.1 Å². The lowest BCUT2D eigenvalue weighted by atomic mass is 10.2. The van der Waals surface area contributed by atoms with Crippen molar-refractivity contribution in [2.45, 2.75) is 22.1 Å². The van der Waals surface area contributed by atoms with Crippen molar-refractivity contribution in [1.29, 1.82) is 0 Å². The fraction of sp³-hybridized carbons (Fsp3) is 0.125. The van der Waals surface area contributed by atoms with Crippen molar-refractivity contribution < 1.29 is 17.6 Å². The number of carbonyl (C=O) groups excluding carboxylic acids is 1. The van der Waals surface area contributed by atoms with Gasteiger partial charge in [-0.1, -0.05) is 42.5 Å². The lowest BCUT2D eigenvalue weighted by Gasteiger charge is -2.10. The summed E-state index contributed by atoms with van der Waals surface area (Å²) < 4.78 is 41.5. The third-order valence-corrected chi connectivity index (χ3v) is 7.53. The van der Waals surface area contributed by atoms with Gasteiger partial charge in [-0.3, -0.25) is 4.79 Å². The average Bonchev–Trinajstić information content (AvgIpc) is 3.13. The van der Waals surface area contributed by atoms with Gasteiger partial charge in [-0.2, -0.15) is 0 Å². The van der Waals surface area contributed by atoms with Crippen molar-refractivity contribution in [1.82, 2.24) is 4.57 Å². The van der Waals surface area contributed by atoms with E-state index in [1.807, 2.05) is 30.5 Å². The highest BCUT2D eigenvalue weighted by Crippen LogP contribution is 2.29. The molecule has 164 valence electrons. The minimum Gasteiger partial charge on any atom is -0.337 e. The molecule has 0 fully saturated rings. The number of anilines is 1. The lowest BCUT2D eigenvalue weighted by Crippen LogP contribution is -2.18. The molecule has 4 rings (SSSR count). The molecule has 1 heterocycles. The summed E-state index contributed by atoms with van der Waals surface area (Å²) >= 11 is 1.53. The number of fused-ring (bicyclic) bond motifs is 1. The number of sulfone groups is 1. The smallest absolute Gasteiger partial charge is 0.244 e. The van der Waals surface area contributed by atoms with Gasteiger partial charge < -0.3 is 9.88 Å². The number of hydrogen-bond acceptors (Lipinski definition) is 4. The van der Waals surface area contributed by atoms with Gasteiger partial charge in [0.05, 0.1) is 16.3 Å². The topological polar surface area (TPSA) is 68.2 Å². The SMILES string of the molecule is CSc1ccccc1NC(=O)Cn1cc(S(=O)(=O)Cc2cccc(F)c2)c2ccccc21. The highest BCUT2D eigenvalue weighted by molar-refractivity contribution is 7.98. The van der Waals surface area contributed by atoms with E-state index in [9.17, 15) is 17.6 Å². The Bertz CT molecular complexity index is 1400. The quantitative estimate of drug-likeness (QED) is 0.383. The van der Waals surface area contributed by atoms with E-state index in [-0.39, 0.29) is 23.1 Å². The molecule has 32 heavy (non-hydrogen) atoms. The van der Waals surface area contributed by atoms with E-state index in [4.69, 9.17) is 0 Å². The highest BCUT2D eigenvalue weighted by Gasteiger charge is 2.22. The molecular weight excluding hydrogens is 447 g/mol. The van der Waals surface area contributed by atoms with Gasteiger partial charge in [0.1, 0.15) is 12.4 Å². The lowest BCUT2D eigenvalue weighted by molar-refractivity contribution is -0.116. The zero-order chi connectivity index (χ0) is 22.7. The zero-order valence-electron chi connectivity index (χ0n) is 17.3. The molecular formula is C24H21FN2O3S2. The predicted molar refractivity (Wildman–Crippen MR) is 126 cm³/mol. The molecule has 0 unspecified atom stereocenters. The van der Waals surface area contributed by atoms with Crippen LogP contribution in [0.25, 0.3) is 10.9 Å². The number of nitrogens with one attached hydrogen (secondary N) is 1. The minimum absolute atomic E-state index is 0.0429. The Morgan fingerprint density at radius 1 is 1.03 bits per heavy atom. The molecule has 1 amide bonds. The van der Waals surface area contributed by atoms with Crippen molar-refractivity contribution in [2.75, 3.05) is 11.6 Å². The van der Waals surface area contributed by atoms with Gasteiger partial charge in [0, 0.05) is 22.0 Å². The molecule has 5 nitrogen and oxygen atoms in total. The molecule has 0 saturated heterocycles. The van der Waals surface area contributed by atoms with Gasteiger partial charge in [0.15, 0.2) is 9.84 Å². The first-order chi connectivity index (χ1) is 15.4. The van der Waals surface area contributed by atoms with E-state index in [0.29, 0.717) is 22.2 Å². The predicted octanol–water partition coefficient (Wildman–Crippen LogP) is 5.11. The average molecular weight is 469 g/mol. The van der Waals surface area contributed by atoms with Crippen molar-refractivity contribution in [3.8, 4) is 0 Å². The monoisotopic (exact) mass is 468 g/mol. The number of thioether (sulfide) groups is 1. The molecule has 0 atom stereocenters. The maximum atomic E-state index is 13.5. The number of benzene rings is 3. The van der Waals surface area contributed by atoms with Gasteiger partial charge in [-0.05, 0) is 42.2 Å². The molecule has 1 aromatic heterocycles. The number of amides is 1. The van der Waals surface area contributed by atoms with Crippen molar-refractivity contribution in [3.05, 3.63) is 90.4 Å². The van der Waals surface area contributed by atoms with Crippen LogP contribution in [0.5, 0.6) is 0 Å². The van der Waals surface area contributed by atoms with Crippen molar-refractivity contribution in [3.63, 3.8) is 0 Å². The Labute approximate surface area is 190 Å². The standard InChI is InChI=1S/C24H21FN2O3S2/c1-31-22-12-5-3-10-20(22)26-24(28)15-27-14-23(19-9-2-4-11-21(19)27)32(29,30)16-17-7-6-8-18(25)13-17/h2-14H,15-16H2,1H3,(H,26,28). The number of para-hydroxylation sites is 2. The van der Waals surface area contributed by atoms with E-state index < -0.39 is 15.7 Å². The van der Waals surface area contributed by atoms with Gasteiger partial charge in [0.2, 0.25) is 5.91 Å². The number of rotatable bonds is 7. The second-order valence-electron chi connectivity index (χ2n) is 7.28. The molecule has 0 spiro atoms. The summed E-state index contributed by atoms with van der Waals surface area (Å²) in [5, 5.41) is 3.43. The normalized spacial score (nSPS) is 11.6. The van der Waals surface area contributed by atoms with Gasteiger partial charge in [-0.25, -0.2) is 12.8 Å². The largest absolute Gasteiger partial charge is 0.337 e. The zero-order valence-corrected chi connectivity index (χ0v) is 18.9. The number of aromatic nitrogens is 1. The molecule has 0 aliphatic carbocycles. The van der Waals surface area contributed by atoms with Crippen molar-refractivity contribution >= 4 is 44.1 Å². The molecule has 0 radical (unpaired) electrons. The van der Waals surface area contributed by atoms with Gasteiger partial charge in [-0.15, -0.1) is 11.8 Å². The van der Waals surface area contributed by atoms with Crippen molar-refractivity contribution in [2.24, 2.45) is 0 Å². The molecule has 0 bridgehead atoms. The van der Waals surface area contributed by atoms with Crippen LogP contribution in [0.1, 0.15) is 5.56 Å². The van der Waals surface area contributed by atoms with E-state index in [1.165, 1.54) is 36.2 Å². The summed E-state index contributed by atoms with van der Waals surface area (Å²) in [6.45, 7) is -0.0429. The molecule has 3 aromatic carbocycles. The molecule has 1 N–H and O–H groups in total. The summed E-state index contributed by atoms with van der Waals surface area (Å²) in [6, 6.07) is 20.1. The summed E-state index contributed by atoms with van der Waals surface area (Å²) in [5.41, 5.74) is 1.72. The van der Waals surface area contributed by atoms with Crippen LogP contribution in [-0.4, -0.2) is 25.1 Å². The first-order valence-electron chi connectivity index (χ1n) is 9.85. The van der Waals surface area contributed by atoms with Crippen LogP contribution >= 0.6 is 11.8 Å². The van der Waals surface area contributed by atoms with E-state index in [2.05, 4.69) is 5.32 Å². The maximum Gasteiger partial charge on any atom is 0.244 e. The van der Waals surface area contributed by atoms with Crippen LogP contribution in [0.15, 0.2) is 88.8 Å². The number of nitrogens with zero attached hydrogens (tertiary/aromatic N) is 1. The Hall–Kier alpha value is -3.10. The fourth-order valence-corrected chi connectivity index (χ4v) is 5.73. The first-order valence-corrected chi connectivity index (χ1v) is 12.7. The van der Waals surface area contributed by atoms with Crippen LogP contribution in [0, 0.1) is 5.82 Å².